The molecular formula is C30H34N4O2. The van der Waals surface area contributed by atoms with Crippen LogP contribution in [0.4, 0.5) is 11.4 Å². The standard InChI is InChI=1S/C30H34N4O2/c1-19-13-15-31(3)33(19)25-17-21-9-5-7-11-23(21)27(29(25)35)28-24-12-8-6-10-22(24)18-26(30(28)36)34-20(2)14-16-32(34)4/h5-12,17-20,35-36H,13-16H2,1-4H3. The van der Waals surface area contributed by atoms with E-state index in [0.29, 0.717) is 11.1 Å². The molecule has 0 amide bonds. The molecule has 0 bridgehead atoms. The van der Waals surface area contributed by atoms with Crippen molar-refractivity contribution in [2.45, 2.75) is 38.8 Å². The van der Waals surface area contributed by atoms with Crippen molar-refractivity contribution in [2.24, 2.45) is 0 Å². The van der Waals surface area contributed by atoms with Crippen LogP contribution in [0, 0.1) is 0 Å². The lowest BCUT2D eigenvalue weighted by atomic mass is 9.90. The second-order valence-electron chi connectivity index (χ2n) is 10.4. The molecule has 2 N–H and O–H groups in total. The molecule has 36 heavy (non-hydrogen) atoms. The smallest absolute Gasteiger partial charge is 0.148 e. The van der Waals surface area contributed by atoms with Crippen LogP contribution < -0.4 is 10.0 Å². The summed E-state index contributed by atoms with van der Waals surface area (Å²) >= 11 is 0. The van der Waals surface area contributed by atoms with E-state index >= 15 is 0 Å². The van der Waals surface area contributed by atoms with Gasteiger partial charge in [0, 0.05) is 50.4 Å². The van der Waals surface area contributed by atoms with E-state index in [9.17, 15) is 10.2 Å². The van der Waals surface area contributed by atoms with Crippen LogP contribution in [-0.4, -0.2) is 59.5 Å². The molecule has 0 aliphatic carbocycles. The molecule has 2 fully saturated rings. The van der Waals surface area contributed by atoms with E-state index in [0.717, 1.165) is 58.9 Å². The first-order valence-electron chi connectivity index (χ1n) is 12.9. The Labute approximate surface area is 212 Å². The van der Waals surface area contributed by atoms with Crippen molar-refractivity contribution in [3.8, 4) is 22.6 Å². The van der Waals surface area contributed by atoms with Crippen molar-refractivity contribution in [3.63, 3.8) is 0 Å². The average molecular weight is 483 g/mol. The van der Waals surface area contributed by atoms with Crippen LogP contribution in [0.5, 0.6) is 11.5 Å². The Morgan fingerprint density at radius 2 is 1.03 bits per heavy atom. The van der Waals surface area contributed by atoms with E-state index in [1.807, 2.05) is 36.4 Å². The number of anilines is 2. The Morgan fingerprint density at radius 3 is 1.39 bits per heavy atom. The lowest BCUT2D eigenvalue weighted by molar-refractivity contribution is 0.363. The van der Waals surface area contributed by atoms with Crippen molar-refractivity contribution in [1.82, 2.24) is 10.0 Å². The van der Waals surface area contributed by atoms with Gasteiger partial charge in [-0.2, -0.15) is 0 Å². The van der Waals surface area contributed by atoms with Crippen molar-refractivity contribution in [3.05, 3.63) is 60.7 Å². The highest BCUT2D eigenvalue weighted by atomic mass is 16.3. The van der Waals surface area contributed by atoms with E-state index in [-0.39, 0.29) is 23.6 Å². The van der Waals surface area contributed by atoms with Gasteiger partial charge in [0.2, 0.25) is 0 Å². The van der Waals surface area contributed by atoms with Crippen LogP contribution in [0.25, 0.3) is 32.7 Å². The van der Waals surface area contributed by atoms with E-state index < -0.39 is 0 Å². The van der Waals surface area contributed by atoms with Gasteiger partial charge in [-0.3, -0.25) is 10.0 Å². The molecule has 6 nitrogen and oxygen atoms in total. The summed E-state index contributed by atoms with van der Waals surface area (Å²) in [7, 11) is 4.13. The fourth-order valence-corrected chi connectivity index (χ4v) is 6.22. The molecule has 2 aliphatic rings. The van der Waals surface area contributed by atoms with Gasteiger partial charge in [0.05, 0.1) is 11.4 Å². The van der Waals surface area contributed by atoms with Crippen molar-refractivity contribution < 1.29 is 10.2 Å². The van der Waals surface area contributed by atoms with Gasteiger partial charge in [-0.15, -0.1) is 0 Å². The molecule has 2 atom stereocenters. The average Bonchev–Trinajstić information content (AvgIpc) is 3.39. The Balaban J connectivity index is 1.71. The maximum absolute atomic E-state index is 12.0. The van der Waals surface area contributed by atoms with E-state index in [2.05, 4.69) is 72.2 Å². The molecule has 0 radical (unpaired) electrons. The molecule has 4 aromatic rings. The number of hydrazine groups is 2. The highest BCUT2D eigenvalue weighted by molar-refractivity contribution is 6.13. The van der Waals surface area contributed by atoms with Crippen LogP contribution in [0.2, 0.25) is 0 Å². The molecule has 4 aromatic carbocycles. The second-order valence-corrected chi connectivity index (χ2v) is 10.4. The number of phenols is 2. The molecule has 0 aromatic heterocycles. The van der Waals surface area contributed by atoms with Crippen LogP contribution in [0.15, 0.2) is 60.7 Å². The van der Waals surface area contributed by atoms with Gasteiger partial charge in [0.1, 0.15) is 11.5 Å². The zero-order valence-electron chi connectivity index (χ0n) is 21.4. The summed E-state index contributed by atoms with van der Waals surface area (Å²) in [5.74, 6) is 0.407. The zero-order chi connectivity index (χ0) is 25.1. The van der Waals surface area contributed by atoms with Crippen LogP contribution >= 0.6 is 0 Å². The summed E-state index contributed by atoms with van der Waals surface area (Å²) in [4.78, 5) is 0. The number of aromatic hydroxyl groups is 2. The predicted molar refractivity (Wildman–Crippen MR) is 149 cm³/mol. The zero-order valence-corrected chi connectivity index (χ0v) is 21.4. The molecule has 0 saturated carbocycles. The largest absolute Gasteiger partial charge is 0.505 e. The topological polar surface area (TPSA) is 53.4 Å². The minimum absolute atomic E-state index is 0.203. The van der Waals surface area contributed by atoms with Gasteiger partial charge in [-0.1, -0.05) is 48.5 Å². The molecular weight excluding hydrogens is 448 g/mol. The summed E-state index contributed by atoms with van der Waals surface area (Å²) in [5, 5.41) is 36.6. The number of phenolic OH excluding ortho intramolecular Hbond substituents is 2. The molecule has 2 aliphatic heterocycles. The number of benzene rings is 4. The van der Waals surface area contributed by atoms with Crippen LogP contribution in [-0.2, 0) is 0 Å². The number of hydrogen-bond acceptors (Lipinski definition) is 6. The van der Waals surface area contributed by atoms with Crippen LogP contribution in [0.1, 0.15) is 26.7 Å². The van der Waals surface area contributed by atoms with Gasteiger partial charge >= 0.3 is 0 Å². The Morgan fingerprint density at radius 1 is 0.639 bits per heavy atom. The maximum Gasteiger partial charge on any atom is 0.148 e. The lowest BCUT2D eigenvalue weighted by Gasteiger charge is -2.33. The fourth-order valence-electron chi connectivity index (χ4n) is 6.22. The quantitative estimate of drug-likeness (QED) is 0.376. The van der Waals surface area contributed by atoms with Crippen molar-refractivity contribution >= 4 is 32.9 Å². The van der Waals surface area contributed by atoms with Crippen molar-refractivity contribution in [1.29, 1.82) is 0 Å². The maximum atomic E-state index is 12.0. The van der Waals surface area contributed by atoms with Gasteiger partial charge < -0.3 is 10.2 Å². The third-order valence-electron chi connectivity index (χ3n) is 8.06. The normalized spacial score (nSPS) is 21.3. The van der Waals surface area contributed by atoms with Gasteiger partial charge in [0.25, 0.3) is 0 Å². The van der Waals surface area contributed by atoms with Crippen LogP contribution in [0.3, 0.4) is 0 Å². The van der Waals surface area contributed by atoms with E-state index in [1.54, 1.807) is 0 Å². The Bertz CT molecular complexity index is 1340. The third kappa shape index (κ3) is 3.39. The summed E-state index contributed by atoms with van der Waals surface area (Å²) in [5.41, 5.74) is 2.91. The minimum Gasteiger partial charge on any atom is -0.505 e. The van der Waals surface area contributed by atoms with Crippen molar-refractivity contribution in [2.75, 3.05) is 37.2 Å². The molecule has 6 rings (SSSR count). The minimum atomic E-state index is 0.203. The number of rotatable bonds is 3. The van der Waals surface area contributed by atoms with Gasteiger partial charge in [-0.25, -0.2) is 10.0 Å². The second kappa shape index (κ2) is 8.57. The summed E-state index contributed by atoms with van der Waals surface area (Å²) < 4.78 is 0. The summed E-state index contributed by atoms with van der Waals surface area (Å²) in [6.07, 6.45) is 2.06. The highest BCUT2D eigenvalue weighted by Crippen LogP contribution is 2.52. The number of hydrogen-bond donors (Lipinski definition) is 2. The van der Waals surface area contributed by atoms with E-state index in [1.165, 1.54) is 0 Å². The molecule has 2 unspecified atom stereocenters. The van der Waals surface area contributed by atoms with E-state index in [4.69, 9.17) is 0 Å². The molecule has 2 saturated heterocycles. The first-order chi connectivity index (χ1) is 17.4. The number of nitrogens with zero attached hydrogens (tertiary/aromatic N) is 4. The SMILES string of the molecule is CC1CCN(C)N1c1cc2ccccc2c(-c2c(O)c(N3C(C)CCN3C)cc3ccccc23)c1O. The Hall–Kier alpha value is -3.48. The first kappa shape index (κ1) is 23.0. The Kier molecular flexibility index (Phi) is 5.47. The third-order valence-corrected chi connectivity index (χ3v) is 8.06. The number of fused-ring (bicyclic) bond motifs is 2. The summed E-state index contributed by atoms with van der Waals surface area (Å²) in [6, 6.07) is 21.0. The summed E-state index contributed by atoms with van der Waals surface area (Å²) in [6.45, 7) is 6.25. The monoisotopic (exact) mass is 482 g/mol. The fraction of sp³-hybridized carbons (Fsp3) is 0.333. The highest BCUT2D eigenvalue weighted by Gasteiger charge is 2.33. The lowest BCUT2D eigenvalue weighted by Crippen LogP contribution is -2.37. The predicted octanol–water partition coefficient (Wildman–Crippen LogP) is 5.96. The molecule has 2 heterocycles. The van der Waals surface area contributed by atoms with Gasteiger partial charge in [-0.05, 0) is 60.4 Å². The molecule has 186 valence electrons. The first-order valence-corrected chi connectivity index (χ1v) is 12.9. The molecule has 0 spiro atoms. The van der Waals surface area contributed by atoms with Gasteiger partial charge in [0.15, 0.2) is 0 Å². The molecule has 6 heteroatoms.